The molecule has 1 aliphatic rings. The largest absolute Gasteiger partial charge is 0.464 e. The molecule has 29 heavy (non-hydrogen) atoms. The van der Waals surface area contributed by atoms with E-state index in [1.165, 1.54) is 12.1 Å². The first-order valence-electron chi connectivity index (χ1n) is 8.80. The lowest BCUT2D eigenvalue weighted by Crippen LogP contribution is -2.27. The number of nitrogens with one attached hydrogen (secondary N) is 1. The third-order valence-electron chi connectivity index (χ3n) is 3.93. The van der Waals surface area contributed by atoms with Gasteiger partial charge in [-0.05, 0) is 38.4 Å². The fraction of sp³-hybridized carbons (Fsp3) is 0.316. The minimum absolute atomic E-state index is 0.0185. The molecule has 9 nitrogen and oxygen atoms in total. The van der Waals surface area contributed by atoms with Gasteiger partial charge in [0.15, 0.2) is 11.5 Å². The number of thioether (sulfide) groups is 1. The smallest absolute Gasteiger partial charge is 0.423 e. The molecular formula is C19H21N3O6S. The van der Waals surface area contributed by atoms with Gasteiger partial charge in [-0.2, -0.15) is 11.8 Å². The van der Waals surface area contributed by atoms with Crippen LogP contribution in [0, 0.1) is 0 Å². The number of nitrogens with zero attached hydrogens (tertiary/aromatic N) is 1. The number of fused-ring (bicyclic) bond motifs is 2. The Bertz CT molecular complexity index is 940. The molecule has 10 heteroatoms. The summed E-state index contributed by atoms with van der Waals surface area (Å²) in [5.74, 6) is 0.0462. The molecule has 2 heterocycles. The number of esters is 2. The van der Waals surface area contributed by atoms with E-state index in [1.54, 1.807) is 11.8 Å². The number of anilines is 1. The first kappa shape index (κ1) is 20.7. The number of ether oxygens (including phenoxy) is 2. The summed E-state index contributed by atoms with van der Waals surface area (Å²) in [6, 6.07) is 6.64. The van der Waals surface area contributed by atoms with Crippen LogP contribution in [0.15, 0.2) is 28.7 Å². The summed E-state index contributed by atoms with van der Waals surface area (Å²) in [7, 11) is 3.95. The van der Waals surface area contributed by atoms with Crippen LogP contribution in [0.25, 0.3) is 0 Å². The number of hydrogen-bond donors (Lipinski definition) is 2. The molecule has 2 bridgehead atoms. The van der Waals surface area contributed by atoms with Crippen molar-refractivity contribution < 1.29 is 28.3 Å². The Morgan fingerprint density at radius 2 is 1.83 bits per heavy atom. The maximum Gasteiger partial charge on any atom is 0.423 e. The zero-order valence-electron chi connectivity index (χ0n) is 16.0. The van der Waals surface area contributed by atoms with Gasteiger partial charge < -0.3 is 29.8 Å². The van der Waals surface area contributed by atoms with Crippen molar-refractivity contribution >= 4 is 35.3 Å². The lowest BCUT2D eigenvalue weighted by molar-refractivity contribution is -0.155. The van der Waals surface area contributed by atoms with E-state index in [2.05, 4.69) is 5.32 Å². The maximum absolute atomic E-state index is 12.4. The number of hydrogen-bond acceptors (Lipinski definition) is 9. The van der Waals surface area contributed by atoms with Gasteiger partial charge in [0.05, 0.1) is 17.9 Å². The van der Waals surface area contributed by atoms with E-state index >= 15 is 0 Å². The van der Waals surface area contributed by atoms with Crippen LogP contribution in [0.2, 0.25) is 0 Å². The number of nitrogen functional groups attached to an aromatic ring is 1. The number of benzene rings is 1. The Balaban J connectivity index is 1.50. The van der Waals surface area contributed by atoms with Crippen LogP contribution in [0.5, 0.6) is 11.5 Å². The molecule has 154 valence electrons. The summed E-state index contributed by atoms with van der Waals surface area (Å²) in [6.07, 6.45) is 0. The summed E-state index contributed by atoms with van der Waals surface area (Å²) in [6.45, 7) is 1.13. The summed E-state index contributed by atoms with van der Waals surface area (Å²) in [5.41, 5.74) is 5.81. The SMILES string of the molecule is CN(C)Cc1ccc(CSCCNC(=O)c2ccc3c(N)c2OC(=O)C(=O)O3)o1. The molecule has 3 rings (SSSR count). The van der Waals surface area contributed by atoms with Gasteiger partial charge in [0.1, 0.15) is 17.2 Å². The molecular weight excluding hydrogens is 398 g/mol. The Hall–Kier alpha value is -2.98. The van der Waals surface area contributed by atoms with Crippen molar-refractivity contribution in [2.75, 3.05) is 32.1 Å². The number of amides is 1. The summed E-state index contributed by atoms with van der Waals surface area (Å²) in [5, 5.41) is 2.74. The number of carbonyl (C=O) groups excluding carboxylic acids is 3. The van der Waals surface area contributed by atoms with Crippen molar-refractivity contribution in [2.24, 2.45) is 0 Å². The Morgan fingerprint density at radius 1 is 1.10 bits per heavy atom. The van der Waals surface area contributed by atoms with Crippen molar-refractivity contribution in [2.45, 2.75) is 12.3 Å². The second-order valence-electron chi connectivity index (χ2n) is 6.55. The first-order valence-corrected chi connectivity index (χ1v) is 9.95. The van der Waals surface area contributed by atoms with Gasteiger partial charge in [-0.3, -0.25) is 4.79 Å². The number of furan rings is 1. The van der Waals surface area contributed by atoms with E-state index in [9.17, 15) is 14.4 Å². The minimum atomic E-state index is -1.23. The molecule has 0 saturated carbocycles. The molecule has 1 aromatic carbocycles. The van der Waals surface area contributed by atoms with E-state index in [1.807, 2.05) is 31.1 Å². The van der Waals surface area contributed by atoms with Gasteiger partial charge in [-0.25, -0.2) is 9.59 Å². The highest BCUT2D eigenvalue weighted by Gasteiger charge is 2.30. The third kappa shape index (κ3) is 5.09. The first-order chi connectivity index (χ1) is 13.8. The second kappa shape index (κ2) is 9.01. The molecule has 0 atom stereocenters. The van der Waals surface area contributed by atoms with Crippen LogP contribution in [-0.2, 0) is 21.9 Å². The summed E-state index contributed by atoms with van der Waals surface area (Å²) in [4.78, 5) is 37.5. The zero-order chi connectivity index (χ0) is 21.0. The fourth-order valence-corrected chi connectivity index (χ4v) is 3.38. The topological polar surface area (TPSA) is 124 Å². The van der Waals surface area contributed by atoms with E-state index in [-0.39, 0.29) is 22.7 Å². The van der Waals surface area contributed by atoms with Crippen LogP contribution in [0.3, 0.4) is 0 Å². The zero-order valence-corrected chi connectivity index (χ0v) is 16.8. The highest BCUT2D eigenvalue weighted by atomic mass is 32.2. The van der Waals surface area contributed by atoms with Gasteiger partial charge in [0.2, 0.25) is 0 Å². The summed E-state index contributed by atoms with van der Waals surface area (Å²) >= 11 is 1.61. The maximum atomic E-state index is 12.4. The van der Waals surface area contributed by atoms with Crippen LogP contribution in [-0.4, -0.2) is 49.1 Å². The van der Waals surface area contributed by atoms with E-state index in [4.69, 9.17) is 19.6 Å². The van der Waals surface area contributed by atoms with Crippen LogP contribution < -0.4 is 20.5 Å². The van der Waals surface area contributed by atoms with Crippen molar-refractivity contribution in [1.29, 1.82) is 0 Å². The van der Waals surface area contributed by atoms with Crippen molar-refractivity contribution in [3.05, 3.63) is 41.3 Å². The highest BCUT2D eigenvalue weighted by molar-refractivity contribution is 7.98. The Labute approximate surface area is 171 Å². The van der Waals surface area contributed by atoms with Crippen LogP contribution in [0.4, 0.5) is 5.69 Å². The Morgan fingerprint density at radius 3 is 2.59 bits per heavy atom. The molecule has 3 N–H and O–H groups in total. The Kier molecular flexibility index (Phi) is 6.45. The number of rotatable bonds is 8. The van der Waals surface area contributed by atoms with Crippen LogP contribution in [0.1, 0.15) is 21.9 Å². The standard InChI is InChI=1S/C19H21N3O6S/c1-22(2)9-11-3-4-12(26-11)10-29-8-7-21-17(23)13-5-6-14-15(20)16(13)28-19(25)18(24)27-14/h3-6H,7-10,20H2,1-2H3,(H,21,23). The highest BCUT2D eigenvalue weighted by Crippen LogP contribution is 2.37. The van der Waals surface area contributed by atoms with Crippen molar-refractivity contribution in [1.82, 2.24) is 10.2 Å². The quantitative estimate of drug-likeness (QED) is 0.215. The van der Waals surface area contributed by atoms with Crippen LogP contribution >= 0.6 is 11.8 Å². The molecule has 1 aliphatic heterocycles. The molecule has 0 aliphatic carbocycles. The van der Waals surface area contributed by atoms with Crippen molar-refractivity contribution in [3.63, 3.8) is 0 Å². The van der Waals surface area contributed by atoms with Crippen molar-refractivity contribution in [3.8, 4) is 11.5 Å². The predicted molar refractivity (Wildman–Crippen MR) is 107 cm³/mol. The third-order valence-corrected chi connectivity index (χ3v) is 4.91. The average molecular weight is 419 g/mol. The molecule has 0 saturated heterocycles. The molecule has 1 aromatic heterocycles. The molecule has 2 aromatic rings. The van der Waals surface area contributed by atoms with Gasteiger partial charge in [0, 0.05) is 12.3 Å². The average Bonchev–Trinajstić information content (AvgIpc) is 3.08. The monoisotopic (exact) mass is 419 g/mol. The van der Waals surface area contributed by atoms with Gasteiger partial charge >= 0.3 is 11.9 Å². The number of carbonyl (C=O) groups is 3. The van der Waals surface area contributed by atoms with E-state index in [0.717, 1.165) is 18.1 Å². The normalized spacial score (nSPS) is 13.1. The summed E-state index contributed by atoms with van der Waals surface area (Å²) < 4.78 is 15.4. The predicted octanol–water partition coefficient (Wildman–Crippen LogP) is 1.41. The molecule has 0 spiro atoms. The minimum Gasteiger partial charge on any atom is -0.464 e. The molecule has 0 radical (unpaired) electrons. The van der Waals surface area contributed by atoms with E-state index in [0.29, 0.717) is 18.1 Å². The second-order valence-corrected chi connectivity index (χ2v) is 7.65. The fourth-order valence-electron chi connectivity index (χ4n) is 2.64. The van der Waals surface area contributed by atoms with Gasteiger partial charge in [-0.1, -0.05) is 0 Å². The van der Waals surface area contributed by atoms with Gasteiger partial charge in [-0.15, -0.1) is 0 Å². The van der Waals surface area contributed by atoms with E-state index < -0.39 is 17.8 Å². The lowest BCUT2D eigenvalue weighted by atomic mass is 10.1. The van der Waals surface area contributed by atoms with Gasteiger partial charge in [0.25, 0.3) is 5.91 Å². The molecule has 0 unspecified atom stereocenters. The molecule has 0 fully saturated rings. The lowest BCUT2D eigenvalue weighted by Gasteiger charge is -2.11. The number of nitrogens with two attached hydrogens (primary N) is 1. The molecule has 1 amide bonds.